The quantitative estimate of drug-likeness (QED) is 0.734. The number of hydrogen-bond acceptors (Lipinski definition) is 2. The van der Waals surface area contributed by atoms with E-state index in [2.05, 4.69) is 24.9 Å². The van der Waals surface area contributed by atoms with Gasteiger partial charge in [0.2, 0.25) is 0 Å². The maximum Gasteiger partial charge on any atom is 0.101 e. The van der Waals surface area contributed by atoms with Crippen molar-refractivity contribution in [1.29, 1.82) is 5.26 Å². The van der Waals surface area contributed by atoms with E-state index in [0.29, 0.717) is 11.5 Å². The third-order valence-corrected chi connectivity index (χ3v) is 2.33. The standard InChI is InChI=1S/C11H14N2.C2H6/c1-4-8(2)11-9(3)5-10(6-12)7-13-11;1-2/h5,7-8H,4H2,1-3H3;1-2H3. The number of aromatic nitrogens is 1. The van der Waals surface area contributed by atoms with Crippen molar-refractivity contribution in [2.75, 3.05) is 0 Å². The van der Waals surface area contributed by atoms with Crippen LogP contribution in [0.3, 0.4) is 0 Å². The zero-order valence-electron chi connectivity index (χ0n) is 10.3. The molecule has 0 spiro atoms. The van der Waals surface area contributed by atoms with Gasteiger partial charge in [-0.25, -0.2) is 0 Å². The van der Waals surface area contributed by atoms with Gasteiger partial charge in [0.1, 0.15) is 6.07 Å². The molecule has 1 rings (SSSR count). The molecule has 0 aliphatic rings. The molecule has 2 nitrogen and oxygen atoms in total. The molecule has 0 aromatic carbocycles. The maximum absolute atomic E-state index is 8.66. The van der Waals surface area contributed by atoms with E-state index < -0.39 is 0 Å². The molecule has 0 N–H and O–H groups in total. The summed E-state index contributed by atoms with van der Waals surface area (Å²) >= 11 is 0. The van der Waals surface area contributed by atoms with E-state index in [-0.39, 0.29) is 0 Å². The van der Waals surface area contributed by atoms with Crippen molar-refractivity contribution in [2.24, 2.45) is 0 Å². The summed E-state index contributed by atoms with van der Waals surface area (Å²) in [5, 5.41) is 8.66. The molecule has 1 heterocycles. The minimum absolute atomic E-state index is 0.479. The van der Waals surface area contributed by atoms with Crippen LogP contribution in [-0.4, -0.2) is 4.98 Å². The van der Waals surface area contributed by atoms with E-state index >= 15 is 0 Å². The minimum atomic E-state index is 0.479. The molecule has 1 aromatic heterocycles. The first kappa shape index (κ1) is 13.6. The van der Waals surface area contributed by atoms with Gasteiger partial charge in [0.25, 0.3) is 0 Å². The molecule has 0 aliphatic heterocycles. The first-order valence-corrected chi connectivity index (χ1v) is 5.55. The van der Waals surface area contributed by atoms with Crippen LogP contribution in [0.1, 0.15) is 56.9 Å². The summed E-state index contributed by atoms with van der Waals surface area (Å²) in [5.41, 5.74) is 2.87. The second-order valence-electron chi connectivity index (χ2n) is 3.35. The van der Waals surface area contributed by atoms with Gasteiger partial charge in [-0.2, -0.15) is 5.26 Å². The number of hydrogen-bond donors (Lipinski definition) is 0. The lowest BCUT2D eigenvalue weighted by molar-refractivity contribution is 0.701. The number of nitrogens with zero attached hydrogens (tertiary/aromatic N) is 2. The van der Waals surface area contributed by atoms with Gasteiger partial charge in [0.15, 0.2) is 0 Å². The van der Waals surface area contributed by atoms with Crippen molar-refractivity contribution in [2.45, 2.75) is 47.0 Å². The van der Waals surface area contributed by atoms with Crippen LogP contribution in [-0.2, 0) is 0 Å². The smallest absolute Gasteiger partial charge is 0.101 e. The van der Waals surface area contributed by atoms with Gasteiger partial charge >= 0.3 is 0 Å². The van der Waals surface area contributed by atoms with Crippen LogP contribution in [0.4, 0.5) is 0 Å². The number of rotatable bonds is 2. The topological polar surface area (TPSA) is 36.7 Å². The van der Waals surface area contributed by atoms with Crippen LogP contribution >= 0.6 is 0 Å². The Hall–Kier alpha value is -1.36. The Morgan fingerprint density at radius 1 is 1.47 bits per heavy atom. The van der Waals surface area contributed by atoms with E-state index in [0.717, 1.165) is 17.7 Å². The highest BCUT2D eigenvalue weighted by atomic mass is 14.7. The fraction of sp³-hybridized carbons (Fsp3) is 0.538. The Balaban J connectivity index is 0.000000921. The van der Waals surface area contributed by atoms with Gasteiger partial charge in [-0.05, 0) is 30.9 Å². The van der Waals surface area contributed by atoms with E-state index in [9.17, 15) is 0 Å². The molecule has 0 bridgehead atoms. The molecule has 0 radical (unpaired) electrons. The number of pyridine rings is 1. The van der Waals surface area contributed by atoms with Crippen LogP contribution in [0.25, 0.3) is 0 Å². The second-order valence-corrected chi connectivity index (χ2v) is 3.35. The highest BCUT2D eigenvalue weighted by Crippen LogP contribution is 2.20. The lowest BCUT2D eigenvalue weighted by Gasteiger charge is -2.10. The lowest BCUT2D eigenvalue weighted by atomic mass is 9.99. The molecule has 0 amide bonds. The summed E-state index contributed by atoms with van der Waals surface area (Å²) in [7, 11) is 0. The highest BCUT2D eigenvalue weighted by Gasteiger charge is 2.07. The average molecular weight is 204 g/mol. The average Bonchev–Trinajstić information content (AvgIpc) is 2.30. The van der Waals surface area contributed by atoms with Crippen molar-refractivity contribution < 1.29 is 0 Å². The van der Waals surface area contributed by atoms with Crippen LogP contribution in [0.5, 0.6) is 0 Å². The predicted octanol–water partition coefficient (Wildman–Crippen LogP) is 3.80. The molecule has 1 atom stereocenters. The molecule has 0 aliphatic carbocycles. The van der Waals surface area contributed by atoms with Crippen molar-refractivity contribution in [1.82, 2.24) is 4.98 Å². The number of aryl methyl sites for hydroxylation is 1. The minimum Gasteiger partial charge on any atom is -0.259 e. The Labute approximate surface area is 93.0 Å². The molecule has 0 fully saturated rings. The summed E-state index contributed by atoms with van der Waals surface area (Å²) in [6, 6.07) is 3.99. The Morgan fingerprint density at radius 2 is 2.07 bits per heavy atom. The van der Waals surface area contributed by atoms with Gasteiger partial charge in [0.05, 0.1) is 5.56 Å². The van der Waals surface area contributed by atoms with Crippen LogP contribution < -0.4 is 0 Å². The monoisotopic (exact) mass is 204 g/mol. The Bertz CT molecular complexity index is 337. The lowest BCUT2D eigenvalue weighted by Crippen LogP contribution is -1.99. The fourth-order valence-electron chi connectivity index (χ4n) is 1.36. The summed E-state index contributed by atoms with van der Waals surface area (Å²) in [6.45, 7) is 10.3. The number of nitriles is 1. The van der Waals surface area contributed by atoms with E-state index in [1.165, 1.54) is 0 Å². The Kier molecular flexibility index (Phi) is 6.37. The molecule has 1 aromatic rings. The summed E-state index contributed by atoms with van der Waals surface area (Å²) < 4.78 is 0. The zero-order chi connectivity index (χ0) is 11.8. The molecule has 0 saturated carbocycles. The maximum atomic E-state index is 8.66. The predicted molar refractivity (Wildman–Crippen MR) is 63.7 cm³/mol. The third-order valence-electron chi connectivity index (χ3n) is 2.33. The van der Waals surface area contributed by atoms with Gasteiger partial charge in [-0.1, -0.05) is 27.7 Å². The summed E-state index contributed by atoms with van der Waals surface area (Å²) in [4.78, 5) is 4.30. The third kappa shape index (κ3) is 3.71. The molecular formula is C13H20N2. The fourth-order valence-corrected chi connectivity index (χ4v) is 1.36. The SMILES string of the molecule is CC.CCC(C)c1ncc(C#N)cc1C. The largest absolute Gasteiger partial charge is 0.259 e. The molecule has 1 unspecified atom stereocenters. The second kappa shape index (κ2) is 7.00. The van der Waals surface area contributed by atoms with Gasteiger partial charge < -0.3 is 0 Å². The molecule has 15 heavy (non-hydrogen) atoms. The Morgan fingerprint density at radius 3 is 2.47 bits per heavy atom. The van der Waals surface area contributed by atoms with Crippen LogP contribution in [0.15, 0.2) is 12.3 Å². The van der Waals surface area contributed by atoms with Crippen molar-refractivity contribution in [3.05, 3.63) is 29.1 Å². The van der Waals surface area contributed by atoms with Gasteiger partial charge in [0, 0.05) is 11.9 Å². The first-order chi connectivity index (χ1) is 7.19. The van der Waals surface area contributed by atoms with Crippen molar-refractivity contribution >= 4 is 0 Å². The molecule has 82 valence electrons. The molecule has 2 heteroatoms. The molecule has 0 saturated heterocycles. The highest BCUT2D eigenvalue weighted by molar-refractivity contribution is 5.33. The summed E-state index contributed by atoms with van der Waals surface area (Å²) in [6.07, 6.45) is 2.73. The van der Waals surface area contributed by atoms with Crippen molar-refractivity contribution in [3.63, 3.8) is 0 Å². The van der Waals surface area contributed by atoms with Crippen LogP contribution in [0.2, 0.25) is 0 Å². The van der Waals surface area contributed by atoms with Crippen LogP contribution in [0, 0.1) is 18.3 Å². The van der Waals surface area contributed by atoms with Crippen molar-refractivity contribution in [3.8, 4) is 6.07 Å². The van der Waals surface area contributed by atoms with E-state index in [4.69, 9.17) is 5.26 Å². The first-order valence-electron chi connectivity index (χ1n) is 5.55. The van der Waals surface area contributed by atoms with E-state index in [1.54, 1.807) is 6.20 Å². The molecular weight excluding hydrogens is 184 g/mol. The van der Waals surface area contributed by atoms with Gasteiger partial charge in [-0.15, -0.1) is 0 Å². The van der Waals surface area contributed by atoms with E-state index in [1.807, 2.05) is 26.8 Å². The normalized spacial score (nSPS) is 10.9. The van der Waals surface area contributed by atoms with Gasteiger partial charge in [-0.3, -0.25) is 4.98 Å². The summed E-state index contributed by atoms with van der Waals surface area (Å²) in [5.74, 6) is 0.479. The zero-order valence-corrected chi connectivity index (χ0v) is 10.3.